The third-order valence-electron chi connectivity index (χ3n) is 6.69. The number of fused-ring (bicyclic) bond motifs is 3. The third-order valence-corrected chi connectivity index (χ3v) is 7.63. The van der Waals surface area contributed by atoms with Gasteiger partial charge in [0, 0.05) is 16.7 Å². The van der Waals surface area contributed by atoms with E-state index in [1.165, 1.54) is 17.3 Å². The molecular formula is C29H27N3O2S. The summed E-state index contributed by atoms with van der Waals surface area (Å²) in [6.07, 6.45) is 1.62. The number of rotatable bonds is 6. The molecule has 0 spiro atoms. The first-order valence-electron chi connectivity index (χ1n) is 11.8. The zero-order valence-corrected chi connectivity index (χ0v) is 20.6. The van der Waals surface area contributed by atoms with Crippen molar-refractivity contribution in [2.45, 2.75) is 37.3 Å². The lowest BCUT2D eigenvalue weighted by atomic mass is 9.69. The molecule has 5 nitrogen and oxygen atoms in total. The maximum Gasteiger partial charge on any atom is 0.263 e. The Balaban J connectivity index is 1.62. The van der Waals surface area contributed by atoms with Crippen molar-refractivity contribution in [2.75, 3.05) is 11.1 Å². The molecule has 1 aromatic heterocycles. The van der Waals surface area contributed by atoms with E-state index in [0.29, 0.717) is 5.16 Å². The molecule has 4 aromatic rings. The summed E-state index contributed by atoms with van der Waals surface area (Å²) in [5.41, 5.74) is 4.79. The molecule has 6 heteroatoms. The normalized spacial score (nSPS) is 16.3. The van der Waals surface area contributed by atoms with Crippen LogP contribution in [-0.2, 0) is 16.6 Å². The number of aromatic nitrogens is 2. The topological polar surface area (TPSA) is 64.0 Å². The fourth-order valence-electron chi connectivity index (χ4n) is 4.71. The predicted molar refractivity (Wildman–Crippen MR) is 142 cm³/mol. The van der Waals surface area contributed by atoms with Crippen LogP contribution in [0.2, 0.25) is 0 Å². The molecule has 0 saturated carbocycles. The van der Waals surface area contributed by atoms with E-state index in [2.05, 4.69) is 25.2 Å². The van der Waals surface area contributed by atoms with Crippen molar-refractivity contribution in [3.05, 3.63) is 106 Å². The fourth-order valence-corrected chi connectivity index (χ4v) is 5.51. The van der Waals surface area contributed by atoms with Gasteiger partial charge in [-0.3, -0.25) is 14.2 Å². The van der Waals surface area contributed by atoms with Crippen molar-refractivity contribution in [3.63, 3.8) is 0 Å². The molecule has 0 unspecified atom stereocenters. The van der Waals surface area contributed by atoms with Gasteiger partial charge in [-0.1, -0.05) is 86.3 Å². The highest BCUT2D eigenvalue weighted by Gasteiger charge is 2.38. The average Bonchev–Trinajstić information content (AvgIpc) is 2.88. The van der Waals surface area contributed by atoms with Gasteiger partial charge in [-0.2, -0.15) is 0 Å². The molecule has 0 aliphatic heterocycles. The first kappa shape index (κ1) is 23.1. The Bertz CT molecular complexity index is 1430. The molecule has 1 amide bonds. The van der Waals surface area contributed by atoms with Crippen LogP contribution in [0.1, 0.15) is 31.4 Å². The second kappa shape index (κ2) is 9.55. The highest BCUT2D eigenvalue weighted by atomic mass is 32.2. The number of hydrogen-bond donors (Lipinski definition) is 1. The molecule has 1 aliphatic carbocycles. The number of thioether (sulfide) groups is 1. The van der Waals surface area contributed by atoms with Crippen molar-refractivity contribution in [1.29, 1.82) is 0 Å². The molecule has 1 aliphatic rings. The number of nitrogens with zero attached hydrogens (tertiary/aromatic N) is 2. The molecule has 0 fully saturated rings. The summed E-state index contributed by atoms with van der Waals surface area (Å²) in [5, 5.41) is 3.42. The van der Waals surface area contributed by atoms with Gasteiger partial charge in [0.1, 0.15) is 0 Å². The molecule has 1 heterocycles. The summed E-state index contributed by atoms with van der Waals surface area (Å²) in [6.45, 7) is 4.28. The lowest BCUT2D eigenvalue weighted by molar-refractivity contribution is -0.113. The van der Waals surface area contributed by atoms with E-state index < -0.39 is 0 Å². The van der Waals surface area contributed by atoms with Crippen LogP contribution in [0.3, 0.4) is 0 Å². The molecule has 35 heavy (non-hydrogen) atoms. The van der Waals surface area contributed by atoms with Crippen molar-refractivity contribution in [2.24, 2.45) is 0 Å². The first-order chi connectivity index (χ1) is 17.0. The van der Waals surface area contributed by atoms with Gasteiger partial charge >= 0.3 is 0 Å². The number of carbonyl (C=O) groups is 1. The van der Waals surface area contributed by atoms with Crippen molar-refractivity contribution >= 4 is 23.4 Å². The fraction of sp³-hybridized carbons (Fsp3) is 0.207. The Morgan fingerprint density at radius 1 is 1.00 bits per heavy atom. The summed E-state index contributed by atoms with van der Waals surface area (Å²) in [4.78, 5) is 31.9. The smallest absolute Gasteiger partial charge is 0.263 e. The Labute approximate surface area is 209 Å². The number of carbonyl (C=O) groups excluding carboxylic acids is 1. The maximum absolute atomic E-state index is 14.2. The predicted octanol–water partition coefficient (Wildman–Crippen LogP) is 5.85. The average molecular weight is 482 g/mol. The van der Waals surface area contributed by atoms with Crippen LogP contribution in [0.25, 0.3) is 16.9 Å². The quantitative estimate of drug-likeness (QED) is 0.277. The lowest BCUT2D eigenvalue weighted by Crippen LogP contribution is -2.39. The summed E-state index contributed by atoms with van der Waals surface area (Å²) < 4.78 is 1.67. The van der Waals surface area contributed by atoms with Crippen LogP contribution in [0.4, 0.5) is 5.69 Å². The minimum absolute atomic E-state index is 0.0639. The Morgan fingerprint density at radius 2 is 1.66 bits per heavy atom. The van der Waals surface area contributed by atoms with Gasteiger partial charge < -0.3 is 5.32 Å². The zero-order valence-electron chi connectivity index (χ0n) is 19.8. The Kier molecular flexibility index (Phi) is 6.31. The second-order valence-electron chi connectivity index (χ2n) is 9.05. The van der Waals surface area contributed by atoms with Crippen molar-refractivity contribution in [3.8, 4) is 16.9 Å². The molecule has 0 saturated heterocycles. The first-order valence-corrected chi connectivity index (χ1v) is 12.8. The van der Waals surface area contributed by atoms with E-state index in [9.17, 15) is 9.59 Å². The summed E-state index contributed by atoms with van der Waals surface area (Å²) in [5.74, 6) is -0.00815. The minimum atomic E-state index is -0.321. The number of hydrogen-bond acceptors (Lipinski definition) is 4. The van der Waals surface area contributed by atoms with Crippen LogP contribution in [0.5, 0.6) is 0 Å². The van der Waals surface area contributed by atoms with Gasteiger partial charge in [-0.25, -0.2) is 4.98 Å². The van der Waals surface area contributed by atoms with Gasteiger partial charge in [0.15, 0.2) is 5.16 Å². The van der Waals surface area contributed by atoms with Crippen LogP contribution in [-0.4, -0.2) is 21.2 Å². The molecule has 5 rings (SSSR count). The number of anilines is 1. The van der Waals surface area contributed by atoms with Crippen LogP contribution in [0.15, 0.2) is 94.9 Å². The van der Waals surface area contributed by atoms with Crippen LogP contribution < -0.4 is 10.9 Å². The van der Waals surface area contributed by atoms with E-state index in [0.717, 1.165) is 41.0 Å². The Morgan fingerprint density at radius 3 is 2.37 bits per heavy atom. The summed E-state index contributed by atoms with van der Waals surface area (Å²) >= 11 is 1.28. The monoisotopic (exact) mass is 481 g/mol. The Hall–Kier alpha value is -3.64. The largest absolute Gasteiger partial charge is 0.325 e. The maximum atomic E-state index is 14.2. The summed E-state index contributed by atoms with van der Waals surface area (Å²) in [7, 11) is 0. The minimum Gasteiger partial charge on any atom is -0.325 e. The third kappa shape index (κ3) is 4.42. The molecule has 1 atom stereocenters. The highest BCUT2D eigenvalue weighted by Crippen LogP contribution is 2.43. The molecule has 0 bridgehead atoms. The van der Waals surface area contributed by atoms with Gasteiger partial charge in [0.2, 0.25) is 5.91 Å². The highest BCUT2D eigenvalue weighted by molar-refractivity contribution is 7.99. The van der Waals surface area contributed by atoms with E-state index in [4.69, 9.17) is 4.98 Å². The van der Waals surface area contributed by atoms with Crippen LogP contribution >= 0.6 is 11.8 Å². The van der Waals surface area contributed by atoms with Gasteiger partial charge in [-0.15, -0.1) is 0 Å². The SMILES string of the molecule is CC[C@@]1(C)Cc2ccccc2-c2nc(SCC(=O)Nc3ccccc3)n(-c3ccccc3)c(=O)c21. The van der Waals surface area contributed by atoms with Gasteiger partial charge in [0.25, 0.3) is 5.56 Å². The van der Waals surface area contributed by atoms with Crippen LogP contribution in [0, 0.1) is 0 Å². The van der Waals surface area contributed by atoms with Gasteiger partial charge in [0.05, 0.1) is 22.7 Å². The zero-order chi connectivity index (χ0) is 24.4. The van der Waals surface area contributed by atoms with E-state index in [1.54, 1.807) is 4.57 Å². The van der Waals surface area contributed by atoms with E-state index in [1.807, 2.05) is 78.9 Å². The number of benzene rings is 3. The van der Waals surface area contributed by atoms with Crippen molar-refractivity contribution < 1.29 is 4.79 Å². The molecule has 1 N–H and O–H groups in total. The molecule has 3 aromatic carbocycles. The second-order valence-corrected chi connectivity index (χ2v) is 9.99. The van der Waals surface area contributed by atoms with Crippen molar-refractivity contribution in [1.82, 2.24) is 9.55 Å². The molecule has 0 radical (unpaired) electrons. The van der Waals surface area contributed by atoms with E-state index >= 15 is 0 Å². The van der Waals surface area contributed by atoms with E-state index in [-0.39, 0.29) is 22.6 Å². The number of amides is 1. The molecule has 176 valence electrons. The van der Waals surface area contributed by atoms with Gasteiger partial charge in [-0.05, 0) is 42.7 Å². The molecular weight excluding hydrogens is 454 g/mol. The number of para-hydroxylation sites is 2. The summed E-state index contributed by atoms with van der Waals surface area (Å²) in [6, 6.07) is 27.1. The number of nitrogens with one attached hydrogen (secondary N) is 1. The lowest BCUT2D eigenvalue weighted by Gasteiger charge is -2.35. The standard InChI is InChI=1S/C29H27N3O2S/c1-3-29(2)18-20-12-10-11-17-23(20)26-25(29)27(34)32(22-15-8-5-9-16-22)28(31-26)35-19-24(33)30-21-13-6-4-7-14-21/h4-17H,3,18-19H2,1-2H3,(H,30,33)/t29-/m0/s1.